The number of hydrogen-bond donors (Lipinski definition) is 1. The molecule has 0 unspecified atom stereocenters. The molecule has 0 amide bonds. The van der Waals surface area contributed by atoms with Crippen molar-refractivity contribution in [3.8, 4) is 0 Å². The number of thioether (sulfide) groups is 1. The molecule has 1 aliphatic rings. The van der Waals surface area contributed by atoms with Crippen LogP contribution in [0, 0.1) is 0 Å². The summed E-state index contributed by atoms with van der Waals surface area (Å²) in [7, 11) is 0. The van der Waals surface area contributed by atoms with Gasteiger partial charge in [-0.15, -0.1) is 0 Å². The van der Waals surface area contributed by atoms with E-state index in [0.29, 0.717) is 10.7 Å². The molecular weight excluding hydrogens is 457 g/mol. The third-order valence-corrected chi connectivity index (χ3v) is 7.30. The highest BCUT2D eigenvalue weighted by Gasteiger charge is 2.27. The predicted molar refractivity (Wildman–Crippen MR) is 120 cm³/mol. The highest BCUT2D eigenvalue weighted by atomic mass is 35.5. The van der Waals surface area contributed by atoms with E-state index in [0.717, 1.165) is 39.9 Å². The number of nitrogens with zero attached hydrogens (tertiary/aromatic N) is 1. The van der Waals surface area contributed by atoms with Crippen molar-refractivity contribution in [3.63, 3.8) is 0 Å². The molecule has 0 spiro atoms. The quantitative estimate of drug-likeness (QED) is 0.442. The number of benzene rings is 2. The lowest BCUT2D eigenvalue weighted by Gasteiger charge is -2.25. The Morgan fingerprint density at radius 3 is 2.41 bits per heavy atom. The van der Waals surface area contributed by atoms with Crippen LogP contribution in [-0.4, -0.2) is 35.1 Å². The fourth-order valence-electron chi connectivity index (χ4n) is 2.66. The van der Waals surface area contributed by atoms with Crippen molar-refractivity contribution in [1.29, 1.82) is 0 Å². The van der Waals surface area contributed by atoms with E-state index in [1.165, 1.54) is 24.1 Å². The van der Waals surface area contributed by atoms with Gasteiger partial charge in [-0.3, -0.25) is 0 Å². The Morgan fingerprint density at radius 2 is 1.76 bits per heavy atom. The predicted octanol–water partition coefficient (Wildman–Crippen LogP) is 6.77. The minimum absolute atomic E-state index is 0.240. The van der Waals surface area contributed by atoms with Gasteiger partial charge in [-0.25, -0.2) is 4.31 Å². The zero-order valence-electron chi connectivity index (χ0n) is 15.5. The molecule has 0 saturated carbocycles. The normalized spacial score (nSPS) is 15.3. The Kier molecular flexibility index (Phi) is 8.15. The molecule has 3 rings (SSSR count). The lowest BCUT2D eigenvalue weighted by Crippen LogP contribution is -2.26. The van der Waals surface area contributed by atoms with E-state index in [9.17, 15) is 13.2 Å². The summed E-state index contributed by atoms with van der Waals surface area (Å²) >= 11 is 11.3. The van der Waals surface area contributed by atoms with Gasteiger partial charge in [0.2, 0.25) is 0 Å². The van der Waals surface area contributed by atoms with Crippen LogP contribution < -0.4 is 4.72 Å². The summed E-state index contributed by atoms with van der Waals surface area (Å²) in [4.78, 5) is 1.89. The van der Waals surface area contributed by atoms with E-state index in [1.807, 2.05) is 30.0 Å². The summed E-state index contributed by atoms with van der Waals surface area (Å²) in [6.45, 7) is 6.16. The van der Waals surface area contributed by atoms with Crippen LogP contribution in [-0.2, 0) is 6.42 Å². The molecule has 2 nitrogen and oxygen atoms in total. The number of alkyl halides is 3. The molecule has 0 bridgehead atoms. The third-order valence-electron chi connectivity index (χ3n) is 4.09. The number of hydrogen-bond acceptors (Lipinski definition) is 5. The highest BCUT2D eigenvalue weighted by molar-refractivity contribution is 8.00. The van der Waals surface area contributed by atoms with Crippen molar-refractivity contribution in [2.24, 2.45) is 0 Å². The lowest BCUT2D eigenvalue weighted by atomic mass is 10.1. The second-order valence-electron chi connectivity index (χ2n) is 6.39. The average molecular weight is 477 g/mol. The standard InChI is InChI=1S/C20H20ClF3N2S3/c1-14(25-28-16-4-2-15(3-5-16)13-20(22,23)24)18-12-17(6-7-19(18)21)29-26-8-10-27-11-9-26/h2-7,12,25H,1,8-11,13H2. The molecule has 1 N–H and O–H groups in total. The highest BCUT2D eigenvalue weighted by Crippen LogP contribution is 2.32. The first-order chi connectivity index (χ1) is 13.8. The van der Waals surface area contributed by atoms with Crippen molar-refractivity contribution >= 4 is 53.0 Å². The van der Waals surface area contributed by atoms with Gasteiger partial charge < -0.3 is 4.72 Å². The summed E-state index contributed by atoms with van der Waals surface area (Å²) in [6.07, 6.45) is -5.12. The molecule has 156 valence electrons. The molecule has 1 saturated heterocycles. The van der Waals surface area contributed by atoms with E-state index in [-0.39, 0.29) is 5.56 Å². The maximum Gasteiger partial charge on any atom is 0.393 e. The Labute approximate surface area is 186 Å². The molecule has 0 aromatic heterocycles. The summed E-state index contributed by atoms with van der Waals surface area (Å²) in [5, 5.41) is 0.599. The number of halogens is 4. The fraction of sp³-hybridized carbons (Fsp3) is 0.300. The van der Waals surface area contributed by atoms with Gasteiger partial charge in [0.25, 0.3) is 0 Å². The van der Waals surface area contributed by atoms with Crippen LogP contribution >= 0.6 is 47.3 Å². The van der Waals surface area contributed by atoms with Crippen LogP contribution in [0.4, 0.5) is 13.2 Å². The van der Waals surface area contributed by atoms with Gasteiger partial charge >= 0.3 is 6.18 Å². The first kappa shape index (κ1) is 22.7. The Bertz CT molecular complexity index is 838. The average Bonchev–Trinajstić information content (AvgIpc) is 2.68. The van der Waals surface area contributed by atoms with Crippen LogP contribution in [0.3, 0.4) is 0 Å². The molecular formula is C20H20ClF3N2S3. The van der Waals surface area contributed by atoms with Crippen molar-refractivity contribution in [1.82, 2.24) is 9.03 Å². The largest absolute Gasteiger partial charge is 0.393 e. The van der Waals surface area contributed by atoms with Crippen LogP contribution in [0.15, 0.2) is 58.8 Å². The molecule has 0 atom stereocenters. The fourth-order valence-corrected chi connectivity index (χ4v) is 5.61. The molecule has 1 fully saturated rings. The molecule has 9 heteroatoms. The van der Waals surface area contributed by atoms with Crippen LogP contribution in [0.25, 0.3) is 5.70 Å². The Balaban J connectivity index is 1.59. The second-order valence-corrected chi connectivity index (χ2v) is 10.1. The van der Waals surface area contributed by atoms with Gasteiger partial charge in [-0.2, -0.15) is 24.9 Å². The first-order valence-corrected chi connectivity index (χ1v) is 12.0. The summed E-state index contributed by atoms with van der Waals surface area (Å²) < 4.78 is 42.9. The van der Waals surface area contributed by atoms with E-state index in [1.54, 1.807) is 24.1 Å². The van der Waals surface area contributed by atoms with Crippen molar-refractivity contribution in [2.75, 3.05) is 24.6 Å². The third kappa shape index (κ3) is 7.36. The van der Waals surface area contributed by atoms with Crippen molar-refractivity contribution < 1.29 is 13.2 Å². The number of nitrogens with one attached hydrogen (secondary N) is 1. The number of rotatable bonds is 7. The van der Waals surface area contributed by atoms with E-state index >= 15 is 0 Å². The van der Waals surface area contributed by atoms with Crippen LogP contribution in [0.5, 0.6) is 0 Å². The van der Waals surface area contributed by atoms with Gasteiger partial charge in [-0.05, 0) is 59.8 Å². The zero-order chi connectivity index (χ0) is 20.9. The van der Waals surface area contributed by atoms with Gasteiger partial charge in [0.05, 0.1) is 6.42 Å². The minimum Gasteiger partial charge on any atom is -0.326 e. The SMILES string of the molecule is C=C(NSc1ccc(CC(F)(F)F)cc1)c1cc(SN2CCSCC2)ccc1Cl. The van der Waals surface area contributed by atoms with Crippen molar-refractivity contribution in [2.45, 2.75) is 22.4 Å². The van der Waals surface area contributed by atoms with Gasteiger partial charge in [0, 0.05) is 50.7 Å². The summed E-state index contributed by atoms with van der Waals surface area (Å²) in [6, 6.07) is 12.2. The van der Waals surface area contributed by atoms with Gasteiger partial charge in [0.15, 0.2) is 0 Å². The smallest absolute Gasteiger partial charge is 0.326 e. The lowest BCUT2D eigenvalue weighted by molar-refractivity contribution is -0.127. The molecule has 29 heavy (non-hydrogen) atoms. The van der Waals surface area contributed by atoms with Gasteiger partial charge in [-0.1, -0.05) is 30.3 Å². The molecule has 1 heterocycles. The molecule has 2 aromatic rings. The summed E-state index contributed by atoms with van der Waals surface area (Å²) in [5.41, 5.74) is 1.70. The van der Waals surface area contributed by atoms with E-state index < -0.39 is 12.6 Å². The molecule has 0 aliphatic carbocycles. The monoisotopic (exact) mass is 476 g/mol. The maximum atomic E-state index is 12.5. The van der Waals surface area contributed by atoms with Gasteiger partial charge in [0.1, 0.15) is 0 Å². The second kappa shape index (κ2) is 10.4. The summed E-state index contributed by atoms with van der Waals surface area (Å²) in [5.74, 6) is 2.28. The minimum atomic E-state index is -4.20. The molecule has 0 radical (unpaired) electrons. The van der Waals surface area contributed by atoms with Crippen LogP contribution in [0.2, 0.25) is 5.02 Å². The van der Waals surface area contributed by atoms with Crippen molar-refractivity contribution in [3.05, 3.63) is 65.2 Å². The Hall–Kier alpha value is -0.930. The Morgan fingerprint density at radius 1 is 1.10 bits per heavy atom. The zero-order valence-corrected chi connectivity index (χ0v) is 18.7. The molecule has 2 aromatic carbocycles. The molecule has 1 aliphatic heterocycles. The van der Waals surface area contributed by atoms with E-state index in [4.69, 9.17) is 11.6 Å². The first-order valence-electron chi connectivity index (χ1n) is 8.88. The van der Waals surface area contributed by atoms with Crippen LogP contribution in [0.1, 0.15) is 11.1 Å². The van der Waals surface area contributed by atoms with E-state index in [2.05, 4.69) is 15.6 Å². The topological polar surface area (TPSA) is 15.3 Å². The maximum absolute atomic E-state index is 12.5.